The first-order valence-electron chi connectivity index (χ1n) is 24.6. The lowest BCUT2D eigenvalue weighted by Gasteiger charge is -2.32. The van der Waals surface area contributed by atoms with Crippen LogP contribution in [-0.4, -0.2) is 34.3 Å². The van der Waals surface area contributed by atoms with Gasteiger partial charge in [-0.15, -0.1) is 0 Å². The summed E-state index contributed by atoms with van der Waals surface area (Å²) in [4.78, 5) is 0. The summed E-state index contributed by atoms with van der Waals surface area (Å²) in [5.41, 5.74) is 13.9. The molecule has 0 fully saturated rings. The largest absolute Gasteiger partial charge is 0.489 e. The summed E-state index contributed by atoms with van der Waals surface area (Å²) < 4.78 is 28.4. The number of ether oxygens (including phenoxy) is 4. The number of rotatable bonds is 20. The van der Waals surface area contributed by atoms with Gasteiger partial charge in [0.2, 0.25) is 0 Å². The molecule has 0 aliphatic heterocycles. The minimum atomic E-state index is -0.741. The Bertz CT molecular complexity index is 2550. The first-order valence-corrected chi connectivity index (χ1v) is 25.4. The molecule has 2 radical (unpaired) electrons. The molecular formula is C61H66BBrO4. The lowest BCUT2D eigenvalue weighted by Crippen LogP contribution is -2.26. The van der Waals surface area contributed by atoms with Crippen molar-refractivity contribution in [1.82, 2.24) is 0 Å². The predicted molar refractivity (Wildman–Crippen MR) is 286 cm³/mol. The predicted octanol–water partition coefficient (Wildman–Crippen LogP) is 15.6. The summed E-state index contributed by atoms with van der Waals surface area (Å²) >= 11 is 3.61. The average Bonchev–Trinajstić information content (AvgIpc) is 3.79. The molecule has 0 saturated carbocycles. The first-order chi connectivity index (χ1) is 32.4. The lowest BCUT2D eigenvalue weighted by atomic mass is 9.70. The maximum absolute atomic E-state index is 6.89. The van der Waals surface area contributed by atoms with E-state index in [0.717, 1.165) is 103 Å². The maximum Gasteiger partial charge on any atom is 0.161 e. The Balaban J connectivity index is 1.43. The van der Waals surface area contributed by atoms with E-state index in [9.17, 15) is 0 Å². The summed E-state index contributed by atoms with van der Waals surface area (Å²) in [6.45, 7) is 20.2. The van der Waals surface area contributed by atoms with Crippen molar-refractivity contribution in [2.24, 2.45) is 23.7 Å². The third-order valence-corrected chi connectivity index (χ3v) is 14.6. The zero-order chi connectivity index (χ0) is 47.2. The van der Waals surface area contributed by atoms with Gasteiger partial charge in [-0.3, -0.25) is 0 Å². The molecule has 0 heterocycles. The summed E-state index contributed by atoms with van der Waals surface area (Å²) in [5, 5.41) is 0. The van der Waals surface area contributed by atoms with E-state index in [0.29, 0.717) is 50.1 Å². The highest BCUT2D eigenvalue weighted by molar-refractivity contribution is 9.10. The normalized spacial score (nSPS) is 16.4. The Morgan fingerprint density at radius 2 is 0.731 bits per heavy atom. The molecule has 6 heteroatoms. The molecule has 2 aliphatic rings. The van der Waals surface area contributed by atoms with Crippen LogP contribution in [-0.2, 0) is 5.41 Å². The van der Waals surface area contributed by atoms with Gasteiger partial charge in [-0.25, -0.2) is 0 Å². The number of benzene rings is 6. The van der Waals surface area contributed by atoms with Crippen LogP contribution in [0.2, 0.25) is 0 Å². The van der Waals surface area contributed by atoms with Crippen LogP contribution in [0, 0.1) is 23.7 Å². The Morgan fingerprint density at radius 3 is 1.10 bits per heavy atom. The molecule has 344 valence electrons. The van der Waals surface area contributed by atoms with E-state index in [1.165, 1.54) is 22.3 Å². The lowest BCUT2D eigenvalue weighted by molar-refractivity contribution is 0.217. The minimum Gasteiger partial charge on any atom is -0.489 e. The van der Waals surface area contributed by atoms with Gasteiger partial charge in [0.1, 0.15) is 7.85 Å². The number of hydrogen-bond acceptors (Lipinski definition) is 4. The smallest absolute Gasteiger partial charge is 0.161 e. The Labute approximate surface area is 410 Å². The quantitative estimate of drug-likeness (QED) is 0.0563. The van der Waals surface area contributed by atoms with E-state index in [1.54, 1.807) is 0 Å². The van der Waals surface area contributed by atoms with E-state index in [4.69, 9.17) is 26.8 Å². The van der Waals surface area contributed by atoms with Crippen LogP contribution in [0.3, 0.4) is 0 Å². The molecule has 67 heavy (non-hydrogen) atoms. The number of halogens is 1. The highest BCUT2D eigenvalue weighted by atomic mass is 79.9. The fraction of sp³-hybridized carbons (Fsp3) is 0.344. The van der Waals surface area contributed by atoms with Gasteiger partial charge >= 0.3 is 0 Å². The van der Waals surface area contributed by atoms with E-state index in [2.05, 4.69) is 193 Å². The fourth-order valence-electron chi connectivity index (χ4n) is 8.89. The van der Waals surface area contributed by atoms with Crippen molar-refractivity contribution in [2.75, 3.05) is 26.4 Å². The van der Waals surface area contributed by atoms with E-state index in [1.807, 2.05) is 12.1 Å². The molecule has 6 aromatic rings. The minimum absolute atomic E-state index is 0.376. The molecule has 8 rings (SSSR count). The molecule has 4 unspecified atom stereocenters. The second kappa shape index (κ2) is 21.2. The summed E-state index contributed by atoms with van der Waals surface area (Å²) in [6, 6.07) is 39.5. The van der Waals surface area contributed by atoms with Crippen molar-refractivity contribution in [1.29, 1.82) is 0 Å². The van der Waals surface area contributed by atoms with Crippen molar-refractivity contribution in [2.45, 2.75) is 86.5 Å². The number of hydrogen-bond donors (Lipinski definition) is 0. The third-order valence-electron chi connectivity index (χ3n) is 14.1. The third kappa shape index (κ3) is 10.2. The zero-order valence-corrected chi connectivity index (χ0v) is 42.3. The van der Waals surface area contributed by atoms with Gasteiger partial charge < -0.3 is 18.9 Å². The Kier molecular flexibility index (Phi) is 15.2. The van der Waals surface area contributed by atoms with Crippen LogP contribution in [0.25, 0.3) is 46.6 Å². The van der Waals surface area contributed by atoms with Crippen molar-refractivity contribution >= 4 is 53.5 Å². The van der Waals surface area contributed by atoms with Crippen LogP contribution in [0.1, 0.15) is 126 Å². The summed E-state index contributed by atoms with van der Waals surface area (Å²) in [5.74, 6) is 4.62. The van der Waals surface area contributed by atoms with Crippen molar-refractivity contribution in [3.8, 4) is 45.3 Å². The van der Waals surface area contributed by atoms with E-state index < -0.39 is 5.41 Å². The van der Waals surface area contributed by atoms with Gasteiger partial charge in [0.15, 0.2) is 23.0 Å². The van der Waals surface area contributed by atoms with Gasteiger partial charge in [-0.05, 0) is 139 Å². The molecule has 0 N–H and O–H groups in total. The molecule has 4 atom stereocenters. The SMILES string of the molecule is [B]c1ccc(/C=C/c2ccc3c(c2)C2(c4cc(/C=C/c5ccc(Br)cc5)ccc4-3)c3cc(OCC(C)CC)c(OCC(C)CC)cc3-c3cc(OCC(C)CC)c(OCC(C)CC)cc32)cc1. The van der Waals surface area contributed by atoms with Crippen LogP contribution >= 0.6 is 15.9 Å². The number of fused-ring (bicyclic) bond motifs is 10. The molecule has 4 nitrogen and oxygen atoms in total. The van der Waals surface area contributed by atoms with E-state index >= 15 is 0 Å². The second-order valence-electron chi connectivity index (χ2n) is 19.2. The molecule has 0 bridgehead atoms. The van der Waals surface area contributed by atoms with Crippen molar-refractivity contribution in [3.05, 3.63) is 158 Å². The molecule has 0 amide bonds. The molecule has 1 spiro atoms. The molecular weight excluding hydrogens is 887 g/mol. The van der Waals surface area contributed by atoms with Gasteiger partial charge in [-0.1, -0.05) is 187 Å². The van der Waals surface area contributed by atoms with Gasteiger partial charge in [-0.2, -0.15) is 0 Å². The van der Waals surface area contributed by atoms with Crippen molar-refractivity contribution in [3.63, 3.8) is 0 Å². The van der Waals surface area contributed by atoms with Crippen LogP contribution in [0.4, 0.5) is 0 Å². The van der Waals surface area contributed by atoms with Crippen LogP contribution < -0.4 is 24.4 Å². The van der Waals surface area contributed by atoms with E-state index in [-0.39, 0.29) is 0 Å². The molecule has 6 aromatic carbocycles. The second-order valence-corrected chi connectivity index (χ2v) is 20.1. The highest BCUT2D eigenvalue weighted by Gasteiger charge is 2.53. The summed E-state index contributed by atoms with van der Waals surface area (Å²) in [7, 11) is 6.08. The van der Waals surface area contributed by atoms with Crippen LogP contribution in [0.5, 0.6) is 23.0 Å². The topological polar surface area (TPSA) is 36.9 Å². The van der Waals surface area contributed by atoms with Crippen molar-refractivity contribution < 1.29 is 18.9 Å². The standard InChI is InChI=1S/C61H66BBrO4/c1-9-39(5)35-64-57-31-51-52-32-58(65-36-40(6)10-2)60(67-38-42(8)12-4)34-56(52)61(55(51)33-59(57)66-37-41(7)11-3)53-29-45(15-13-43-17-23-47(62)24-18-43)21-27-49(53)50-28-22-46(30-54(50)61)16-14-44-19-25-48(63)26-20-44/h13-34,39-42H,9-12,35-38H2,1-8H3/b15-13+,16-14+. The Morgan fingerprint density at radius 1 is 0.418 bits per heavy atom. The maximum atomic E-state index is 6.89. The molecule has 0 saturated heterocycles. The fourth-order valence-corrected chi connectivity index (χ4v) is 9.16. The monoisotopic (exact) mass is 952 g/mol. The molecule has 2 aliphatic carbocycles. The highest BCUT2D eigenvalue weighted by Crippen LogP contribution is 2.65. The average molecular weight is 954 g/mol. The zero-order valence-electron chi connectivity index (χ0n) is 40.8. The van der Waals surface area contributed by atoms with Gasteiger partial charge in [0, 0.05) is 4.47 Å². The van der Waals surface area contributed by atoms with Crippen LogP contribution in [0.15, 0.2) is 114 Å². The Hall–Kier alpha value is -5.46. The summed E-state index contributed by atoms with van der Waals surface area (Å²) in [6.07, 6.45) is 12.9. The van der Waals surface area contributed by atoms with Gasteiger partial charge in [0.05, 0.1) is 31.8 Å². The molecule has 0 aromatic heterocycles. The first kappa shape index (κ1) is 48.0. The van der Waals surface area contributed by atoms with Gasteiger partial charge in [0.25, 0.3) is 0 Å².